The smallest absolute Gasteiger partial charge is 0.224 e. The molecule has 0 bridgehead atoms. The molecule has 112 valence electrons. The number of nitrogens with one attached hydrogen (secondary N) is 1. The summed E-state index contributed by atoms with van der Waals surface area (Å²) in [5.41, 5.74) is 6.80. The number of likely N-dealkylation sites (N-methyl/N-ethyl adjacent to an activating group) is 1. The lowest BCUT2D eigenvalue weighted by molar-refractivity contribution is -0.116. The van der Waals surface area contributed by atoms with Crippen molar-refractivity contribution in [2.75, 3.05) is 31.2 Å². The number of aliphatic hydroxyl groups is 1. The van der Waals surface area contributed by atoms with Crippen LogP contribution in [-0.2, 0) is 4.79 Å². The summed E-state index contributed by atoms with van der Waals surface area (Å²) in [6.45, 7) is 3.10. The maximum absolute atomic E-state index is 11.8. The number of amides is 1. The van der Waals surface area contributed by atoms with E-state index >= 15 is 0 Å². The molecule has 1 aromatic rings. The summed E-state index contributed by atoms with van der Waals surface area (Å²) in [5, 5.41) is 12.5. The Morgan fingerprint density at radius 1 is 1.55 bits per heavy atom. The Morgan fingerprint density at radius 2 is 2.25 bits per heavy atom. The van der Waals surface area contributed by atoms with E-state index in [9.17, 15) is 9.90 Å². The first-order valence-corrected chi connectivity index (χ1v) is 6.97. The van der Waals surface area contributed by atoms with Gasteiger partial charge in [-0.15, -0.1) is 0 Å². The van der Waals surface area contributed by atoms with Crippen molar-refractivity contribution in [3.63, 3.8) is 0 Å². The minimum atomic E-state index is -0.359. The molecule has 4 N–H and O–H groups in total. The molecule has 1 aromatic carbocycles. The Balaban J connectivity index is 2.33. The molecule has 0 fully saturated rings. The van der Waals surface area contributed by atoms with Gasteiger partial charge in [-0.2, -0.15) is 0 Å². The van der Waals surface area contributed by atoms with Gasteiger partial charge in [-0.1, -0.05) is 11.6 Å². The standard InChI is InChI=1S/C14H22ClN3O2/c1-10(19)9-18(2)7-3-4-14(20)17-13-6-5-11(15)8-12(13)16/h5-6,8,10,19H,3-4,7,9,16H2,1-2H3,(H,17,20). The highest BCUT2D eigenvalue weighted by molar-refractivity contribution is 6.31. The fourth-order valence-corrected chi connectivity index (χ4v) is 2.09. The first-order valence-electron chi connectivity index (χ1n) is 6.60. The van der Waals surface area contributed by atoms with Gasteiger partial charge in [-0.05, 0) is 45.1 Å². The van der Waals surface area contributed by atoms with Crippen LogP contribution in [0.1, 0.15) is 19.8 Å². The molecule has 0 aromatic heterocycles. The van der Waals surface area contributed by atoms with Crippen molar-refractivity contribution >= 4 is 28.9 Å². The topological polar surface area (TPSA) is 78.6 Å². The predicted molar refractivity (Wildman–Crippen MR) is 82.9 cm³/mol. The van der Waals surface area contributed by atoms with Crippen molar-refractivity contribution in [1.29, 1.82) is 0 Å². The monoisotopic (exact) mass is 299 g/mol. The van der Waals surface area contributed by atoms with E-state index in [1.54, 1.807) is 25.1 Å². The van der Waals surface area contributed by atoms with Gasteiger partial charge in [-0.3, -0.25) is 4.79 Å². The van der Waals surface area contributed by atoms with Gasteiger partial charge in [-0.25, -0.2) is 0 Å². The highest BCUT2D eigenvalue weighted by atomic mass is 35.5. The van der Waals surface area contributed by atoms with Crippen molar-refractivity contribution in [3.05, 3.63) is 23.2 Å². The number of anilines is 2. The van der Waals surface area contributed by atoms with Crippen LogP contribution in [0.3, 0.4) is 0 Å². The Hall–Kier alpha value is -1.30. The maximum Gasteiger partial charge on any atom is 0.224 e. The number of halogens is 1. The Bertz CT molecular complexity index is 452. The lowest BCUT2D eigenvalue weighted by atomic mass is 10.2. The molecule has 0 spiro atoms. The number of benzene rings is 1. The van der Waals surface area contributed by atoms with Gasteiger partial charge < -0.3 is 21.1 Å². The van der Waals surface area contributed by atoms with Crippen LogP contribution in [0.4, 0.5) is 11.4 Å². The lowest BCUT2D eigenvalue weighted by Crippen LogP contribution is -2.28. The average Bonchev–Trinajstić information content (AvgIpc) is 2.31. The van der Waals surface area contributed by atoms with Crippen molar-refractivity contribution in [2.45, 2.75) is 25.9 Å². The molecule has 1 rings (SSSR count). The maximum atomic E-state index is 11.8. The number of carbonyl (C=O) groups is 1. The van der Waals surface area contributed by atoms with Crippen LogP contribution in [0.2, 0.25) is 5.02 Å². The second kappa shape index (κ2) is 8.09. The number of rotatable bonds is 7. The van der Waals surface area contributed by atoms with E-state index in [0.29, 0.717) is 29.4 Å². The van der Waals surface area contributed by atoms with Crippen LogP contribution in [0.25, 0.3) is 0 Å². The average molecular weight is 300 g/mol. The van der Waals surface area contributed by atoms with Gasteiger partial charge in [0, 0.05) is 18.0 Å². The van der Waals surface area contributed by atoms with E-state index in [2.05, 4.69) is 5.32 Å². The Morgan fingerprint density at radius 3 is 2.85 bits per heavy atom. The minimum absolute atomic E-state index is 0.0792. The lowest BCUT2D eigenvalue weighted by Gasteiger charge is -2.17. The van der Waals surface area contributed by atoms with Crippen LogP contribution >= 0.6 is 11.6 Å². The first-order chi connectivity index (χ1) is 9.38. The quantitative estimate of drug-likeness (QED) is 0.673. The minimum Gasteiger partial charge on any atom is -0.397 e. The summed E-state index contributed by atoms with van der Waals surface area (Å²) in [5.74, 6) is -0.0792. The molecular weight excluding hydrogens is 278 g/mol. The van der Waals surface area contributed by atoms with Crippen molar-refractivity contribution in [3.8, 4) is 0 Å². The third kappa shape index (κ3) is 6.23. The molecule has 0 saturated carbocycles. The summed E-state index contributed by atoms with van der Waals surface area (Å²) < 4.78 is 0. The second-order valence-electron chi connectivity index (χ2n) is 4.99. The van der Waals surface area contributed by atoms with Crippen molar-refractivity contribution in [2.24, 2.45) is 0 Å². The zero-order valence-electron chi connectivity index (χ0n) is 11.9. The van der Waals surface area contributed by atoms with Crippen LogP contribution in [0.5, 0.6) is 0 Å². The number of nitrogens with zero attached hydrogens (tertiary/aromatic N) is 1. The SMILES string of the molecule is CC(O)CN(C)CCCC(=O)Nc1ccc(Cl)cc1N. The van der Waals surface area contributed by atoms with Crippen LogP contribution in [0, 0.1) is 0 Å². The number of nitrogens with two attached hydrogens (primary N) is 1. The second-order valence-corrected chi connectivity index (χ2v) is 5.43. The highest BCUT2D eigenvalue weighted by Gasteiger charge is 2.07. The molecule has 0 aliphatic rings. The molecule has 5 nitrogen and oxygen atoms in total. The van der Waals surface area contributed by atoms with Gasteiger partial charge in [0.2, 0.25) is 5.91 Å². The number of hydrogen-bond acceptors (Lipinski definition) is 4. The van der Waals surface area contributed by atoms with Gasteiger partial charge in [0.25, 0.3) is 0 Å². The van der Waals surface area contributed by atoms with Crippen LogP contribution in [-0.4, -0.2) is 42.2 Å². The van der Waals surface area contributed by atoms with E-state index < -0.39 is 0 Å². The van der Waals surface area contributed by atoms with Gasteiger partial charge in [0.05, 0.1) is 17.5 Å². The summed E-state index contributed by atoms with van der Waals surface area (Å²) in [7, 11) is 1.92. The molecule has 0 saturated heterocycles. The van der Waals surface area contributed by atoms with Gasteiger partial charge in [0.15, 0.2) is 0 Å². The predicted octanol–water partition coefficient (Wildman–Crippen LogP) is 1.95. The fraction of sp³-hybridized carbons (Fsp3) is 0.500. The van der Waals surface area contributed by atoms with E-state index in [4.69, 9.17) is 17.3 Å². The van der Waals surface area contributed by atoms with Crippen molar-refractivity contribution in [1.82, 2.24) is 4.90 Å². The third-order valence-electron chi connectivity index (χ3n) is 2.81. The van der Waals surface area contributed by atoms with Crippen molar-refractivity contribution < 1.29 is 9.90 Å². The molecule has 1 atom stereocenters. The van der Waals surface area contributed by atoms with E-state index in [1.165, 1.54) is 0 Å². The molecular formula is C14H22ClN3O2. The zero-order valence-corrected chi connectivity index (χ0v) is 12.7. The molecule has 1 amide bonds. The fourth-order valence-electron chi connectivity index (χ4n) is 1.91. The van der Waals surface area contributed by atoms with Crippen LogP contribution < -0.4 is 11.1 Å². The number of carbonyl (C=O) groups excluding carboxylic acids is 1. The molecule has 1 unspecified atom stereocenters. The summed E-state index contributed by atoms with van der Waals surface area (Å²) >= 11 is 5.79. The summed E-state index contributed by atoms with van der Waals surface area (Å²) in [6.07, 6.45) is 0.775. The van der Waals surface area contributed by atoms with Crippen LogP contribution in [0.15, 0.2) is 18.2 Å². The number of hydrogen-bond donors (Lipinski definition) is 3. The Labute approximate surface area is 124 Å². The molecule has 0 aliphatic heterocycles. The molecule has 0 radical (unpaired) electrons. The normalized spacial score (nSPS) is 12.4. The van der Waals surface area contributed by atoms with E-state index in [0.717, 1.165) is 13.0 Å². The van der Waals surface area contributed by atoms with Gasteiger partial charge >= 0.3 is 0 Å². The number of aliphatic hydroxyl groups excluding tert-OH is 1. The summed E-state index contributed by atoms with van der Waals surface area (Å²) in [6, 6.07) is 4.98. The number of nitrogen functional groups attached to an aromatic ring is 1. The zero-order chi connectivity index (χ0) is 15.1. The van der Waals surface area contributed by atoms with Gasteiger partial charge in [0.1, 0.15) is 0 Å². The summed E-state index contributed by atoms with van der Waals surface area (Å²) in [4.78, 5) is 13.8. The third-order valence-corrected chi connectivity index (χ3v) is 3.04. The first kappa shape index (κ1) is 16.8. The Kier molecular flexibility index (Phi) is 6.78. The highest BCUT2D eigenvalue weighted by Crippen LogP contribution is 2.22. The molecule has 0 aliphatic carbocycles. The largest absolute Gasteiger partial charge is 0.397 e. The molecule has 0 heterocycles. The molecule has 6 heteroatoms. The molecule has 20 heavy (non-hydrogen) atoms. The van der Waals surface area contributed by atoms with E-state index in [-0.39, 0.29) is 12.0 Å². The van der Waals surface area contributed by atoms with E-state index in [1.807, 2.05) is 11.9 Å².